The van der Waals surface area contributed by atoms with Crippen molar-refractivity contribution in [1.82, 2.24) is 4.98 Å². The highest BCUT2D eigenvalue weighted by molar-refractivity contribution is 6.30. The highest BCUT2D eigenvalue weighted by Gasteiger charge is 2.00. The number of hydrogen-bond donors (Lipinski definition) is 0. The lowest BCUT2D eigenvalue weighted by molar-refractivity contribution is 1.33. The molecule has 0 saturated carbocycles. The van der Waals surface area contributed by atoms with Gasteiger partial charge in [-0.1, -0.05) is 29.8 Å². The molecule has 2 aromatic rings. The number of rotatable bonds is 1. The Bertz CT molecular complexity index is 529. The number of pyridine rings is 1. The zero-order chi connectivity index (χ0) is 10.7. The first-order chi connectivity index (χ1) is 7.29. The fourth-order valence-electron chi connectivity index (χ4n) is 1.30. The van der Waals surface area contributed by atoms with Gasteiger partial charge in [-0.15, -0.1) is 0 Å². The molecule has 0 radical (unpaired) electrons. The standard InChI is InChI=1S/C12H7ClN2/c1-14-11-4-2-3-9(7-11)12-8-10(13)5-6-15-12/h2-8H. The maximum absolute atomic E-state index is 6.92. The van der Waals surface area contributed by atoms with Gasteiger partial charge in [0.05, 0.1) is 12.3 Å². The number of nitrogens with zero attached hydrogens (tertiary/aromatic N) is 2. The van der Waals surface area contributed by atoms with Crippen LogP contribution in [0, 0.1) is 6.57 Å². The molecule has 1 aromatic carbocycles. The molecule has 1 heterocycles. The van der Waals surface area contributed by atoms with Crippen molar-refractivity contribution in [2.45, 2.75) is 0 Å². The summed E-state index contributed by atoms with van der Waals surface area (Å²) in [5, 5.41) is 0.646. The molecule has 0 aliphatic heterocycles. The fourth-order valence-corrected chi connectivity index (χ4v) is 1.46. The molecule has 0 fully saturated rings. The summed E-state index contributed by atoms with van der Waals surface area (Å²) >= 11 is 5.87. The van der Waals surface area contributed by atoms with E-state index in [1.165, 1.54) is 0 Å². The third kappa shape index (κ3) is 2.15. The third-order valence-electron chi connectivity index (χ3n) is 1.99. The second-order valence-corrected chi connectivity index (χ2v) is 3.46. The van der Waals surface area contributed by atoms with Crippen molar-refractivity contribution in [2.75, 3.05) is 0 Å². The predicted molar refractivity (Wildman–Crippen MR) is 60.9 cm³/mol. The molecule has 0 saturated heterocycles. The van der Waals surface area contributed by atoms with Crippen LogP contribution in [0.1, 0.15) is 0 Å². The van der Waals surface area contributed by atoms with Crippen LogP contribution in [-0.2, 0) is 0 Å². The van der Waals surface area contributed by atoms with Gasteiger partial charge in [-0.2, -0.15) is 0 Å². The quantitative estimate of drug-likeness (QED) is 0.657. The van der Waals surface area contributed by atoms with E-state index in [0.717, 1.165) is 11.3 Å². The molecule has 2 nitrogen and oxygen atoms in total. The molecule has 0 bridgehead atoms. The molecule has 3 heteroatoms. The highest BCUT2D eigenvalue weighted by Crippen LogP contribution is 2.24. The number of benzene rings is 1. The van der Waals surface area contributed by atoms with E-state index >= 15 is 0 Å². The van der Waals surface area contributed by atoms with Crippen molar-refractivity contribution in [3.05, 3.63) is 59.0 Å². The van der Waals surface area contributed by atoms with Gasteiger partial charge >= 0.3 is 0 Å². The Kier molecular flexibility index (Phi) is 2.66. The van der Waals surface area contributed by atoms with Crippen LogP contribution in [0.3, 0.4) is 0 Å². The Labute approximate surface area is 93.0 Å². The van der Waals surface area contributed by atoms with Crippen LogP contribution >= 0.6 is 11.6 Å². The monoisotopic (exact) mass is 214 g/mol. The van der Waals surface area contributed by atoms with Gasteiger partial charge in [0, 0.05) is 11.2 Å². The van der Waals surface area contributed by atoms with E-state index in [0.29, 0.717) is 10.7 Å². The predicted octanol–water partition coefficient (Wildman–Crippen LogP) is 3.95. The molecule has 0 N–H and O–H groups in total. The molecule has 0 aliphatic carbocycles. The molecule has 2 rings (SSSR count). The minimum atomic E-state index is 0.606. The summed E-state index contributed by atoms with van der Waals surface area (Å²) in [7, 11) is 0. The number of aromatic nitrogens is 1. The van der Waals surface area contributed by atoms with Crippen molar-refractivity contribution >= 4 is 17.3 Å². The number of hydrogen-bond acceptors (Lipinski definition) is 1. The molecule has 72 valence electrons. The molecule has 1 aromatic heterocycles. The van der Waals surface area contributed by atoms with Gasteiger partial charge < -0.3 is 0 Å². The van der Waals surface area contributed by atoms with Crippen LogP contribution in [0.2, 0.25) is 5.02 Å². The first kappa shape index (κ1) is 9.70. The topological polar surface area (TPSA) is 17.2 Å². The van der Waals surface area contributed by atoms with Gasteiger partial charge in [-0.25, -0.2) is 4.85 Å². The molecule has 15 heavy (non-hydrogen) atoms. The van der Waals surface area contributed by atoms with Gasteiger partial charge in [0.25, 0.3) is 0 Å². The minimum absolute atomic E-state index is 0.606. The molecule has 0 aliphatic rings. The van der Waals surface area contributed by atoms with Crippen LogP contribution in [-0.4, -0.2) is 4.98 Å². The van der Waals surface area contributed by atoms with E-state index in [2.05, 4.69) is 9.83 Å². The summed E-state index contributed by atoms with van der Waals surface area (Å²) in [6, 6.07) is 10.8. The van der Waals surface area contributed by atoms with Crippen molar-refractivity contribution in [3.8, 4) is 11.3 Å². The Morgan fingerprint density at radius 3 is 2.80 bits per heavy atom. The normalized spacial score (nSPS) is 9.60. The van der Waals surface area contributed by atoms with E-state index in [-0.39, 0.29) is 0 Å². The molecule has 0 unspecified atom stereocenters. The maximum Gasteiger partial charge on any atom is 0.187 e. The SMILES string of the molecule is [C-]#[N+]c1cccc(-c2cc(Cl)ccn2)c1. The Balaban J connectivity index is 2.50. The lowest BCUT2D eigenvalue weighted by Gasteiger charge is -2.01. The van der Waals surface area contributed by atoms with Crippen molar-refractivity contribution < 1.29 is 0 Å². The van der Waals surface area contributed by atoms with Gasteiger partial charge in [0.1, 0.15) is 0 Å². The molecule has 0 spiro atoms. The first-order valence-corrected chi connectivity index (χ1v) is 4.77. The summed E-state index contributed by atoms with van der Waals surface area (Å²) in [5.74, 6) is 0. The summed E-state index contributed by atoms with van der Waals surface area (Å²) in [5.41, 5.74) is 2.30. The van der Waals surface area contributed by atoms with Gasteiger partial charge in [0.2, 0.25) is 0 Å². The van der Waals surface area contributed by atoms with Crippen LogP contribution in [0.5, 0.6) is 0 Å². The second-order valence-electron chi connectivity index (χ2n) is 3.02. The first-order valence-electron chi connectivity index (χ1n) is 4.39. The third-order valence-corrected chi connectivity index (χ3v) is 2.23. The Morgan fingerprint density at radius 1 is 1.20 bits per heavy atom. The van der Waals surface area contributed by atoms with E-state index in [9.17, 15) is 0 Å². The lowest BCUT2D eigenvalue weighted by atomic mass is 10.1. The smallest absolute Gasteiger partial charge is 0.187 e. The molecular formula is C12H7ClN2. The summed E-state index contributed by atoms with van der Waals surface area (Å²) < 4.78 is 0. The largest absolute Gasteiger partial charge is 0.256 e. The maximum atomic E-state index is 6.92. The van der Waals surface area contributed by atoms with E-state index < -0.39 is 0 Å². The minimum Gasteiger partial charge on any atom is -0.256 e. The van der Waals surface area contributed by atoms with E-state index in [1.807, 2.05) is 12.1 Å². The van der Waals surface area contributed by atoms with E-state index in [4.69, 9.17) is 18.2 Å². The highest BCUT2D eigenvalue weighted by atomic mass is 35.5. The van der Waals surface area contributed by atoms with Gasteiger partial charge in [-0.05, 0) is 23.8 Å². The van der Waals surface area contributed by atoms with Crippen molar-refractivity contribution in [2.24, 2.45) is 0 Å². The molecule has 0 amide bonds. The van der Waals surface area contributed by atoms with Crippen LogP contribution in [0.4, 0.5) is 5.69 Å². The summed E-state index contributed by atoms with van der Waals surface area (Å²) in [4.78, 5) is 7.57. The summed E-state index contributed by atoms with van der Waals surface area (Å²) in [6.45, 7) is 6.92. The van der Waals surface area contributed by atoms with Gasteiger partial charge in [-0.3, -0.25) is 4.98 Å². The van der Waals surface area contributed by atoms with Crippen molar-refractivity contribution in [3.63, 3.8) is 0 Å². The zero-order valence-corrected chi connectivity index (χ0v) is 8.57. The average Bonchev–Trinajstić information content (AvgIpc) is 2.29. The Morgan fingerprint density at radius 2 is 2.07 bits per heavy atom. The van der Waals surface area contributed by atoms with Crippen LogP contribution < -0.4 is 0 Å². The van der Waals surface area contributed by atoms with Crippen LogP contribution in [0.25, 0.3) is 16.1 Å². The van der Waals surface area contributed by atoms with Gasteiger partial charge in [0.15, 0.2) is 5.69 Å². The number of halogens is 1. The molecular weight excluding hydrogens is 208 g/mol. The van der Waals surface area contributed by atoms with E-state index in [1.54, 1.807) is 30.5 Å². The van der Waals surface area contributed by atoms with Crippen molar-refractivity contribution in [1.29, 1.82) is 0 Å². The average molecular weight is 215 g/mol. The van der Waals surface area contributed by atoms with Crippen LogP contribution in [0.15, 0.2) is 42.6 Å². The lowest BCUT2D eigenvalue weighted by Crippen LogP contribution is -1.81. The molecule has 0 atom stereocenters. The fraction of sp³-hybridized carbons (Fsp3) is 0. The zero-order valence-electron chi connectivity index (χ0n) is 7.81. The Hall–Kier alpha value is -1.85. The summed E-state index contributed by atoms with van der Waals surface area (Å²) in [6.07, 6.45) is 1.65. The second kappa shape index (κ2) is 4.12.